The Kier molecular flexibility index (Phi) is 8.46. The minimum absolute atomic E-state index is 0. The number of nitrogens with one attached hydrogen (secondary N) is 1. The maximum absolute atomic E-state index is 6.11. The molecule has 1 aliphatic rings. The Bertz CT molecular complexity index is 419. The van der Waals surface area contributed by atoms with Crippen LogP contribution in [-0.2, 0) is 0 Å². The van der Waals surface area contributed by atoms with Crippen LogP contribution >= 0.6 is 24.0 Å². The first-order valence-electron chi connectivity index (χ1n) is 7.86. The summed E-state index contributed by atoms with van der Waals surface area (Å²) in [5, 5.41) is 4.36. The van der Waals surface area contributed by atoms with Gasteiger partial charge in [-0.1, -0.05) is 31.9 Å². The molecule has 21 heavy (non-hydrogen) atoms. The Balaban J connectivity index is 0.00000220. The Morgan fingerprint density at radius 2 is 2.19 bits per heavy atom. The van der Waals surface area contributed by atoms with E-state index in [2.05, 4.69) is 19.2 Å². The van der Waals surface area contributed by atoms with Crippen LogP contribution in [0.4, 0.5) is 0 Å². The fourth-order valence-corrected chi connectivity index (χ4v) is 2.92. The van der Waals surface area contributed by atoms with Gasteiger partial charge in [0.05, 0.1) is 6.61 Å². The van der Waals surface area contributed by atoms with Crippen molar-refractivity contribution in [2.24, 2.45) is 0 Å². The molecule has 0 aromatic heterocycles. The predicted octanol–water partition coefficient (Wildman–Crippen LogP) is 5.19. The van der Waals surface area contributed by atoms with E-state index < -0.39 is 0 Å². The number of benzene rings is 1. The van der Waals surface area contributed by atoms with Crippen molar-refractivity contribution in [3.63, 3.8) is 0 Å². The van der Waals surface area contributed by atoms with Crippen molar-refractivity contribution in [2.45, 2.75) is 57.9 Å². The maximum atomic E-state index is 6.11. The third kappa shape index (κ3) is 5.69. The largest absolute Gasteiger partial charge is 0.493 e. The molecule has 1 aromatic carbocycles. The van der Waals surface area contributed by atoms with Crippen LogP contribution in [0.25, 0.3) is 0 Å². The first kappa shape index (κ1) is 18.6. The van der Waals surface area contributed by atoms with E-state index in [4.69, 9.17) is 16.3 Å². The zero-order valence-corrected chi connectivity index (χ0v) is 14.6. The van der Waals surface area contributed by atoms with E-state index in [1.54, 1.807) is 0 Å². The topological polar surface area (TPSA) is 21.3 Å². The zero-order valence-electron chi connectivity index (χ0n) is 13.0. The van der Waals surface area contributed by atoms with Crippen LogP contribution in [-0.4, -0.2) is 19.2 Å². The van der Waals surface area contributed by atoms with E-state index in [1.165, 1.54) is 24.8 Å². The molecule has 2 unspecified atom stereocenters. The number of hydrogen-bond acceptors (Lipinski definition) is 2. The summed E-state index contributed by atoms with van der Waals surface area (Å²) in [4.78, 5) is 0. The lowest BCUT2D eigenvalue weighted by Gasteiger charge is -2.24. The highest BCUT2D eigenvalue weighted by molar-refractivity contribution is 6.30. The van der Waals surface area contributed by atoms with E-state index in [9.17, 15) is 0 Å². The van der Waals surface area contributed by atoms with Gasteiger partial charge in [0.2, 0.25) is 0 Å². The fraction of sp³-hybridized carbons (Fsp3) is 0.647. The highest BCUT2D eigenvalue weighted by Gasteiger charge is 2.14. The third-order valence-electron chi connectivity index (χ3n) is 4.25. The summed E-state index contributed by atoms with van der Waals surface area (Å²) < 4.78 is 6.02. The summed E-state index contributed by atoms with van der Waals surface area (Å²) in [6, 6.07) is 6.60. The summed E-state index contributed by atoms with van der Waals surface area (Å²) in [5.74, 6) is 1.48. The van der Waals surface area contributed by atoms with Gasteiger partial charge in [0, 0.05) is 11.1 Å². The smallest absolute Gasteiger partial charge is 0.122 e. The van der Waals surface area contributed by atoms with Crippen molar-refractivity contribution >= 4 is 24.0 Å². The van der Waals surface area contributed by atoms with Crippen LogP contribution in [0.2, 0.25) is 5.02 Å². The second-order valence-corrected chi connectivity index (χ2v) is 6.21. The van der Waals surface area contributed by atoms with Gasteiger partial charge in [-0.3, -0.25) is 0 Å². The minimum atomic E-state index is 0. The lowest BCUT2D eigenvalue weighted by atomic mass is 9.97. The quantitative estimate of drug-likeness (QED) is 0.774. The standard InChI is InChI=1S/C17H26ClNO.ClH/c1-3-13(2)16-12-14(18)7-8-17(16)20-11-9-15-6-4-5-10-19-15;/h7-8,12-13,15,19H,3-6,9-11H2,1-2H3;1H. The second kappa shape index (κ2) is 9.55. The zero-order chi connectivity index (χ0) is 14.4. The van der Waals surface area contributed by atoms with Crippen LogP contribution in [0.15, 0.2) is 18.2 Å². The maximum Gasteiger partial charge on any atom is 0.122 e. The molecule has 0 saturated carbocycles. The molecule has 0 bridgehead atoms. The Hall–Kier alpha value is -0.440. The molecule has 1 aromatic rings. The Morgan fingerprint density at radius 1 is 1.38 bits per heavy atom. The number of halogens is 2. The average Bonchev–Trinajstić information content (AvgIpc) is 2.49. The first-order chi connectivity index (χ1) is 9.70. The van der Waals surface area contributed by atoms with E-state index in [0.717, 1.165) is 36.8 Å². The molecule has 0 amide bonds. The molecule has 0 radical (unpaired) electrons. The minimum Gasteiger partial charge on any atom is -0.493 e. The van der Waals surface area contributed by atoms with Gasteiger partial charge in [-0.05, 0) is 61.9 Å². The SMILES string of the molecule is CCC(C)c1cc(Cl)ccc1OCCC1CCCCN1.Cl. The van der Waals surface area contributed by atoms with Crippen LogP contribution in [0, 0.1) is 0 Å². The Labute approximate surface area is 140 Å². The van der Waals surface area contributed by atoms with Gasteiger partial charge in [0.15, 0.2) is 0 Å². The van der Waals surface area contributed by atoms with Crippen molar-refractivity contribution in [2.75, 3.05) is 13.2 Å². The highest BCUT2D eigenvalue weighted by Crippen LogP contribution is 2.31. The monoisotopic (exact) mass is 331 g/mol. The molecule has 2 rings (SSSR count). The van der Waals surface area contributed by atoms with Crippen molar-refractivity contribution in [3.05, 3.63) is 28.8 Å². The normalized spacial score (nSPS) is 19.7. The van der Waals surface area contributed by atoms with Gasteiger partial charge in [-0.25, -0.2) is 0 Å². The molecule has 1 saturated heterocycles. The van der Waals surface area contributed by atoms with E-state index >= 15 is 0 Å². The molecule has 120 valence electrons. The van der Waals surface area contributed by atoms with Gasteiger partial charge in [0.25, 0.3) is 0 Å². The number of ether oxygens (including phenoxy) is 1. The van der Waals surface area contributed by atoms with Gasteiger partial charge in [0.1, 0.15) is 5.75 Å². The summed E-state index contributed by atoms with van der Waals surface area (Å²) in [6.07, 6.45) is 6.12. The van der Waals surface area contributed by atoms with Crippen LogP contribution in [0.3, 0.4) is 0 Å². The van der Waals surface area contributed by atoms with E-state index in [-0.39, 0.29) is 12.4 Å². The fourth-order valence-electron chi connectivity index (χ4n) is 2.74. The van der Waals surface area contributed by atoms with E-state index in [1.807, 2.05) is 18.2 Å². The predicted molar refractivity (Wildman–Crippen MR) is 93.2 cm³/mol. The molecule has 1 aliphatic heterocycles. The molecule has 1 heterocycles. The summed E-state index contributed by atoms with van der Waals surface area (Å²) >= 11 is 6.11. The number of rotatable bonds is 6. The molecular weight excluding hydrogens is 305 g/mol. The second-order valence-electron chi connectivity index (χ2n) is 5.78. The van der Waals surface area contributed by atoms with Crippen molar-refractivity contribution in [1.29, 1.82) is 0 Å². The molecule has 0 aliphatic carbocycles. The third-order valence-corrected chi connectivity index (χ3v) is 4.49. The van der Waals surface area contributed by atoms with Crippen molar-refractivity contribution in [3.8, 4) is 5.75 Å². The summed E-state index contributed by atoms with van der Waals surface area (Å²) in [6.45, 7) is 6.36. The average molecular weight is 332 g/mol. The molecule has 1 N–H and O–H groups in total. The van der Waals surface area contributed by atoms with Crippen molar-refractivity contribution < 1.29 is 4.74 Å². The van der Waals surface area contributed by atoms with Crippen molar-refractivity contribution in [1.82, 2.24) is 5.32 Å². The van der Waals surface area contributed by atoms with Crippen LogP contribution in [0.5, 0.6) is 5.75 Å². The van der Waals surface area contributed by atoms with Gasteiger partial charge < -0.3 is 10.1 Å². The molecule has 4 heteroatoms. The van der Waals surface area contributed by atoms with Gasteiger partial charge in [-0.2, -0.15) is 0 Å². The van der Waals surface area contributed by atoms with Crippen LogP contribution in [0.1, 0.15) is 57.4 Å². The summed E-state index contributed by atoms with van der Waals surface area (Å²) in [7, 11) is 0. The molecule has 2 nitrogen and oxygen atoms in total. The van der Waals surface area contributed by atoms with Crippen LogP contribution < -0.4 is 10.1 Å². The van der Waals surface area contributed by atoms with E-state index in [0.29, 0.717) is 12.0 Å². The molecular formula is C17H27Cl2NO. The highest BCUT2D eigenvalue weighted by atomic mass is 35.5. The molecule has 1 fully saturated rings. The molecule has 2 atom stereocenters. The Morgan fingerprint density at radius 3 is 2.86 bits per heavy atom. The number of hydrogen-bond donors (Lipinski definition) is 1. The lowest BCUT2D eigenvalue weighted by molar-refractivity contribution is 0.265. The lowest BCUT2D eigenvalue weighted by Crippen LogP contribution is -2.35. The molecule has 0 spiro atoms. The number of piperidine rings is 1. The van der Waals surface area contributed by atoms with Gasteiger partial charge >= 0.3 is 0 Å². The van der Waals surface area contributed by atoms with Gasteiger partial charge in [-0.15, -0.1) is 12.4 Å². The first-order valence-corrected chi connectivity index (χ1v) is 8.24. The summed E-state index contributed by atoms with van der Waals surface area (Å²) in [5.41, 5.74) is 1.23.